The lowest BCUT2D eigenvalue weighted by molar-refractivity contribution is 0.298. The van der Waals surface area contributed by atoms with Crippen LogP contribution in [0.15, 0.2) is 29.2 Å². The predicted octanol–water partition coefficient (Wildman–Crippen LogP) is 5.45. The minimum atomic E-state index is 0.841. The number of ether oxygens (including phenoxy) is 1. The first-order valence-corrected chi connectivity index (χ1v) is 9.11. The fourth-order valence-corrected chi connectivity index (χ4v) is 2.78. The minimum absolute atomic E-state index is 0.841. The molecule has 0 aliphatic carbocycles. The van der Waals surface area contributed by atoms with Gasteiger partial charge in [-0.25, -0.2) is 0 Å². The summed E-state index contributed by atoms with van der Waals surface area (Å²) >= 11 is 5.97. The van der Waals surface area contributed by atoms with Crippen LogP contribution in [0.25, 0.3) is 0 Å². The van der Waals surface area contributed by atoms with E-state index in [9.17, 15) is 0 Å². The number of thioether (sulfide) groups is 1. The summed E-state index contributed by atoms with van der Waals surface area (Å²) in [5.74, 6) is 2.06. The molecule has 0 saturated heterocycles. The Morgan fingerprint density at radius 2 is 1.58 bits per heavy atom. The maximum atomic E-state index is 5.84. The van der Waals surface area contributed by atoms with Gasteiger partial charge in [-0.3, -0.25) is 0 Å². The number of thiol groups is 1. The molecule has 0 radical (unpaired) electrons. The standard InChI is InChI=1S/C16H26OS2/c1-19-16-12-8-7-11-15(16)17-13-9-5-3-2-4-6-10-14-18/h7-8,11-12,18H,2-6,9-10,13-14H2,1H3. The van der Waals surface area contributed by atoms with Crippen LogP contribution in [0, 0.1) is 0 Å². The van der Waals surface area contributed by atoms with Gasteiger partial charge >= 0.3 is 0 Å². The fourth-order valence-electron chi connectivity index (χ4n) is 2.02. The molecule has 0 aliphatic heterocycles. The first kappa shape index (κ1) is 16.8. The first-order valence-electron chi connectivity index (χ1n) is 7.25. The van der Waals surface area contributed by atoms with Crippen molar-refractivity contribution in [1.29, 1.82) is 0 Å². The second-order valence-electron chi connectivity index (χ2n) is 4.70. The number of unbranched alkanes of at least 4 members (excludes halogenated alkanes) is 6. The van der Waals surface area contributed by atoms with Crippen molar-refractivity contribution in [2.75, 3.05) is 18.6 Å². The van der Waals surface area contributed by atoms with Gasteiger partial charge in [-0.05, 0) is 37.0 Å². The zero-order valence-corrected chi connectivity index (χ0v) is 13.6. The summed E-state index contributed by atoms with van der Waals surface area (Å²) < 4.78 is 5.84. The molecule has 0 aliphatic rings. The van der Waals surface area contributed by atoms with Gasteiger partial charge in [-0.15, -0.1) is 11.8 Å². The lowest BCUT2D eigenvalue weighted by Crippen LogP contribution is -1.98. The Bertz CT molecular complexity index is 328. The van der Waals surface area contributed by atoms with Gasteiger partial charge in [0.25, 0.3) is 0 Å². The number of hydrogen-bond donors (Lipinski definition) is 1. The molecule has 0 amide bonds. The molecule has 0 N–H and O–H groups in total. The van der Waals surface area contributed by atoms with E-state index in [4.69, 9.17) is 4.74 Å². The van der Waals surface area contributed by atoms with Crippen LogP contribution < -0.4 is 4.74 Å². The highest BCUT2D eigenvalue weighted by Gasteiger charge is 2.00. The van der Waals surface area contributed by atoms with Crippen LogP contribution in [-0.2, 0) is 0 Å². The van der Waals surface area contributed by atoms with E-state index >= 15 is 0 Å². The van der Waals surface area contributed by atoms with Gasteiger partial charge in [0.15, 0.2) is 0 Å². The second-order valence-corrected chi connectivity index (χ2v) is 5.99. The molecule has 0 unspecified atom stereocenters. The Morgan fingerprint density at radius 1 is 0.947 bits per heavy atom. The number of para-hydroxylation sites is 1. The molecule has 0 atom stereocenters. The largest absolute Gasteiger partial charge is 0.492 e. The Morgan fingerprint density at radius 3 is 2.26 bits per heavy atom. The summed E-state index contributed by atoms with van der Waals surface area (Å²) in [5.41, 5.74) is 0. The molecule has 3 heteroatoms. The zero-order chi connectivity index (χ0) is 13.8. The predicted molar refractivity (Wildman–Crippen MR) is 89.9 cm³/mol. The molecule has 108 valence electrons. The van der Waals surface area contributed by atoms with Crippen LogP contribution in [0.4, 0.5) is 0 Å². The van der Waals surface area contributed by atoms with Crippen molar-refractivity contribution in [2.24, 2.45) is 0 Å². The highest BCUT2D eigenvalue weighted by Crippen LogP contribution is 2.26. The SMILES string of the molecule is CSc1ccccc1OCCCCCCCCCS. The minimum Gasteiger partial charge on any atom is -0.492 e. The molecule has 1 aromatic carbocycles. The van der Waals surface area contributed by atoms with Crippen LogP contribution in [0.1, 0.15) is 44.9 Å². The molecule has 19 heavy (non-hydrogen) atoms. The van der Waals surface area contributed by atoms with Crippen LogP contribution in [0.5, 0.6) is 5.75 Å². The summed E-state index contributed by atoms with van der Waals surface area (Å²) in [5, 5.41) is 0. The highest BCUT2D eigenvalue weighted by molar-refractivity contribution is 7.98. The molecule has 0 aromatic heterocycles. The molecular formula is C16H26OS2. The van der Waals surface area contributed by atoms with E-state index in [1.165, 1.54) is 43.4 Å². The van der Waals surface area contributed by atoms with Gasteiger partial charge < -0.3 is 4.74 Å². The molecule has 0 spiro atoms. The molecule has 1 nitrogen and oxygen atoms in total. The molecule has 1 rings (SSSR count). The van der Waals surface area contributed by atoms with E-state index in [2.05, 4.69) is 37.1 Å². The summed E-state index contributed by atoms with van der Waals surface area (Å²) in [6.45, 7) is 0.841. The third-order valence-corrected chi connectivity index (χ3v) is 4.22. The van der Waals surface area contributed by atoms with E-state index in [-0.39, 0.29) is 0 Å². The third kappa shape index (κ3) is 7.78. The summed E-state index contributed by atoms with van der Waals surface area (Å²) in [6.07, 6.45) is 11.2. The smallest absolute Gasteiger partial charge is 0.132 e. The maximum Gasteiger partial charge on any atom is 0.132 e. The van der Waals surface area contributed by atoms with Crippen LogP contribution in [0.3, 0.4) is 0 Å². The molecule has 0 bridgehead atoms. The molecule has 0 saturated carbocycles. The quantitative estimate of drug-likeness (QED) is 0.330. The van der Waals surface area contributed by atoms with Crippen molar-refractivity contribution in [3.8, 4) is 5.75 Å². The van der Waals surface area contributed by atoms with Crippen LogP contribution in [0.2, 0.25) is 0 Å². The topological polar surface area (TPSA) is 9.23 Å². The van der Waals surface area contributed by atoms with Gasteiger partial charge in [0, 0.05) is 4.90 Å². The van der Waals surface area contributed by atoms with Crippen LogP contribution >= 0.6 is 24.4 Å². The van der Waals surface area contributed by atoms with Crippen LogP contribution in [-0.4, -0.2) is 18.6 Å². The third-order valence-electron chi connectivity index (χ3n) is 3.13. The number of benzene rings is 1. The van der Waals surface area contributed by atoms with Crippen molar-refractivity contribution < 1.29 is 4.74 Å². The van der Waals surface area contributed by atoms with Gasteiger partial charge in [0.05, 0.1) is 6.61 Å². The van der Waals surface area contributed by atoms with Crippen molar-refractivity contribution in [3.63, 3.8) is 0 Å². The van der Waals surface area contributed by atoms with Gasteiger partial charge in [-0.2, -0.15) is 12.6 Å². The zero-order valence-electron chi connectivity index (χ0n) is 11.9. The average molecular weight is 299 g/mol. The second kappa shape index (κ2) is 11.5. The van der Waals surface area contributed by atoms with Crippen molar-refractivity contribution in [3.05, 3.63) is 24.3 Å². The van der Waals surface area contributed by atoms with Gasteiger partial charge in [0.1, 0.15) is 5.75 Å². The maximum absolute atomic E-state index is 5.84. The number of hydrogen-bond acceptors (Lipinski definition) is 3. The Balaban J connectivity index is 2.01. The highest BCUT2D eigenvalue weighted by atomic mass is 32.2. The van der Waals surface area contributed by atoms with Crippen molar-refractivity contribution >= 4 is 24.4 Å². The van der Waals surface area contributed by atoms with Crippen molar-refractivity contribution in [2.45, 2.75) is 49.8 Å². The summed E-state index contributed by atoms with van der Waals surface area (Å²) in [7, 11) is 0. The fraction of sp³-hybridized carbons (Fsp3) is 0.625. The Hall–Kier alpha value is -0.280. The molecule has 0 fully saturated rings. The Labute approximate surface area is 127 Å². The van der Waals surface area contributed by atoms with E-state index < -0.39 is 0 Å². The van der Waals surface area contributed by atoms with E-state index in [0.717, 1.165) is 24.5 Å². The van der Waals surface area contributed by atoms with E-state index in [0.29, 0.717) is 0 Å². The normalized spacial score (nSPS) is 10.6. The van der Waals surface area contributed by atoms with E-state index in [1.54, 1.807) is 11.8 Å². The molecule has 0 heterocycles. The average Bonchev–Trinajstić information content (AvgIpc) is 2.46. The lowest BCUT2D eigenvalue weighted by atomic mass is 10.1. The summed E-state index contributed by atoms with van der Waals surface area (Å²) in [6, 6.07) is 8.27. The molecular weight excluding hydrogens is 272 g/mol. The van der Waals surface area contributed by atoms with Crippen molar-refractivity contribution in [1.82, 2.24) is 0 Å². The van der Waals surface area contributed by atoms with Gasteiger partial charge in [0.2, 0.25) is 0 Å². The molecule has 1 aromatic rings. The Kier molecular flexibility index (Phi) is 10.2. The monoisotopic (exact) mass is 298 g/mol. The van der Waals surface area contributed by atoms with Gasteiger partial charge in [-0.1, -0.05) is 44.2 Å². The first-order chi connectivity index (χ1) is 9.38. The number of rotatable bonds is 11. The summed E-state index contributed by atoms with van der Waals surface area (Å²) in [4.78, 5) is 1.23. The lowest BCUT2D eigenvalue weighted by Gasteiger charge is -2.09. The van der Waals surface area contributed by atoms with E-state index in [1.807, 2.05) is 6.07 Å².